The molecule has 18 heavy (non-hydrogen) atoms. The molecule has 104 valence electrons. The average molecular weight is 262 g/mol. The van der Waals surface area contributed by atoms with Crippen LogP contribution in [0.4, 0.5) is 13.2 Å². The van der Waals surface area contributed by atoms with Crippen LogP contribution in [0, 0.1) is 17.8 Å². The largest absolute Gasteiger partial charge is 0.401 e. The summed E-state index contributed by atoms with van der Waals surface area (Å²) in [5.41, 5.74) is 0. The van der Waals surface area contributed by atoms with E-state index >= 15 is 0 Å². The van der Waals surface area contributed by atoms with Crippen LogP contribution in [0.25, 0.3) is 0 Å². The number of halogens is 3. The quantitative estimate of drug-likeness (QED) is 0.839. The van der Waals surface area contributed by atoms with Crippen LogP contribution in [0.1, 0.15) is 25.7 Å². The van der Waals surface area contributed by atoms with E-state index in [1.54, 1.807) is 0 Å². The Kier molecular flexibility index (Phi) is 3.30. The van der Waals surface area contributed by atoms with Crippen molar-refractivity contribution in [1.82, 2.24) is 10.2 Å². The third kappa shape index (κ3) is 2.39. The van der Waals surface area contributed by atoms with Gasteiger partial charge in [0, 0.05) is 6.04 Å². The van der Waals surface area contributed by atoms with Gasteiger partial charge in [-0.2, -0.15) is 13.2 Å². The van der Waals surface area contributed by atoms with Crippen molar-refractivity contribution in [2.24, 2.45) is 17.8 Å². The number of piperidine rings is 3. The molecule has 3 atom stereocenters. The Balaban J connectivity index is 1.55. The van der Waals surface area contributed by atoms with Gasteiger partial charge in [0.2, 0.25) is 0 Å². The maximum absolute atomic E-state index is 12.1. The van der Waals surface area contributed by atoms with Crippen molar-refractivity contribution < 1.29 is 13.2 Å². The fourth-order valence-corrected chi connectivity index (χ4v) is 4.45. The molecule has 1 saturated carbocycles. The highest BCUT2D eigenvalue weighted by Crippen LogP contribution is 2.48. The first-order valence-electron chi connectivity index (χ1n) is 7.06. The third-order valence-corrected chi connectivity index (χ3v) is 5.13. The van der Waals surface area contributed by atoms with Gasteiger partial charge in [-0.15, -0.1) is 0 Å². The molecule has 2 nitrogen and oxygen atoms in total. The Labute approximate surface area is 106 Å². The predicted molar refractivity (Wildman–Crippen MR) is 63.2 cm³/mol. The van der Waals surface area contributed by atoms with Crippen molar-refractivity contribution in [3.8, 4) is 0 Å². The molecule has 0 aromatic carbocycles. The molecule has 0 aromatic rings. The minimum Gasteiger partial charge on any atom is -0.308 e. The Morgan fingerprint density at radius 1 is 1.06 bits per heavy atom. The first kappa shape index (κ1) is 12.7. The lowest BCUT2D eigenvalue weighted by Crippen LogP contribution is -2.56. The van der Waals surface area contributed by atoms with Gasteiger partial charge in [0.1, 0.15) is 0 Å². The summed E-state index contributed by atoms with van der Waals surface area (Å²) in [5, 5.41) is 2.61. The number of nitrogens with one attached hydrogen (secondary N) is 1. The van der Waals surface area contributed by atoms with Gasteiger partial charge in [-0.1, -0.05) is 0 Å². The maximum Gasteiger partial charge on any atom is 0.401 e. The number of hydrogen-bond donors (Lipinski definition) is 1. The summed E-state index contributed by atoms with van der Waals surface area (Å²) in [5.74, 6) is 2.05. The molecule has 4 fully saturated rings. The zero-order valence-corrected chi connectivity index (χ0v) is 10.5. The molecular formula is C13H21F3N2. The lowest BCUT2D eigenvalue weighted by molar-refractivity contribution is -0.125. The number of hydrogen-bond acceptors (Lipinski definition) is 2. The Bertz CT molecular complexity index is 297. The molecule has 1 N–H and O–H groups in total. The van der Waals surface area contributed by atoms with Gasteiger partial charge in [-0.05, 0) is 63.1 Å². The van der Waals surface area contributed by atoms with Crippen LogP contribution < -0.4 is 5.32 Å². The van der Waals surface area contributed by atoms with Crippen LogP contribution in [0.2, 0.25) is 0 Å². The highest BCUT2D eigenvalue weighted by Gasteiger charge is 2.48. The summed E-state index contributed by atoms with van der Waals surface area (Å²) in [6, 6.07) is 0.568. The van der Waals surface area contributed by atoms with Gasteiger partial charge in [-0.3, -0.25) is 4.90 Å². The van der Waals surface area contributed by atoms with E-state index in [1.165, 1.54) is 32.4 Å². The molecule has 3 aliphatic heterocycles. The smallest absolute Gasteiger partial charge is 0.308 e. The van der Waals surface area contributed by atoms with E-state index < -0.39 is 12.7 Å². The molecule has 1 aliphatic carbocycles. The summed E-state index contributed by atoms with van der Waals surface area (Å²) in [6.45, 7) is 2.03. The van der Waals surface area contributed by atoms with Crippen molar-refractivity contribution in [2.45, 2.75) is 37.9 Å². The second-order valence-electron chi connectivity index (χ2n) is 6.11. The van der Waals surface area contributed by atoms with Crippen molar-refractivity contribution in [3.05, 3.63) is 0 Å². The molecule has 5 heteroatoms. The minimum absolute atomic E-state index is 0.431. The number of fused-ring (bicyclic) bond motifs is 2. The molecule has 0 spiro atoms. The normalized spacial score (nSPS) is 43.2. The highest BCUT2D eigenvalue weighted by molar-refractivity contribution is 5.02. The fraction of sp³-hybridized carbons (Fsp3) is 1.00. The third-order valence-electron chi connectivity index (χ3n) is 5.13. The molecule has 2 bridgehead atoms. The minimum atomic E-state index is -4.08. The molecule has 0 aromatic heterocycles. The van der Waals surface area contributed by atoms with Crippen LogP contribution in [-0.4, -0.2) is 43.3 Å². The van der Waals surface area contributed by atoms with Crippen molar-refractivity contribution in [3.63, 3.8) is 0 Å². The molecule has 0 radical (unpaired) electrons. The van der Waals surface area contributed by atoms with E-state index in [2.05, 4.69) is 10.2 Å². The van der Waals surface area contributed by atoms with Crippen molar-refractivity contribution >= 4 is 0 Å². The lowest BCUT2D eigenvalue weighted by atomic mass is 9.74. The standard InChI is InChI=1S/C13H21F3N2/c14-13(15,16)8-17-7-10-1-2-11-9-3-5-18(6-4-9)12(10)11/h9-12,17H,1-8H2. The van der Waals surface area contributed by atoms with Crippen LogP contribution in [0.5, 0.6) is 0 Å². The van der Waals surface area contributed by atoms with Gasteiger partial charge >= 0.3 is 6.18 Å². The average Bonchev–Trinajstić information content (AvgIpc) is 2.75. The highest BCUT2D eigenvalue weighted by atomic mass is 19.4. The zero-order chi connectivity index (χ0) is 12.8. The van der Waals surface area contributed by atoms with E-state index in [4.69, 9.17) is 0 Å². The Morgan fingerprint density at radius 2 is 1.78 bits per heavy atom. The van der Waals surface area contributed by atoms with E-state index in [0.717, 1.165) is 18.3 Å². The van der Waals surface area contributed by atoms with Crippen molar-refractivity contribution in [2.75, 3.05) is 26.2 Å². The molecular weight excluding hydrogens is 241 g/mol. The summed E-state index contributed by atoms with van der Waals surface area (Å²) in [6.07, 6.45) is 0.870. The second-order valence-corrected chi connectivity index (χ2v) is 6.11. The summed E-state index contributed by atoms with van der Waals surface area (Å²) < 4.78 is 36.4. The van der Waals surface area contributed by atoms with Crippen LogP contribution in [-0.2, 0) is 0 Å². The molecule has 4 aliphatic rings. The summed E-state index contributed by atoms with van der Waals surface area (Å²) in [4.78, 5) is 2.54. The van der Waals surface area contributed by atoms with Gasteiger partial charge in [0.15, 0.2) is 0 Å². The Hall–Kier alpha value is -0.290. The first-order chi connectivity index (χ1) is 8.54. The van der Waals surface area contributed by atoms with Crippen LogP contribution in [0.3, 0.4) is 0 Å². The fourth-order valence-electron chi connectivity index (χ4n) is 4.45. The number of rotatable bonds is 3. The van der Waals surface area contributed by atoms with Crippen LogP contribution in [0.15, 0.2) is 0 Å². The van der Waals surface area contributed by atoms with Gasteiger partial charge in [0.25, 0.3) is 0 Å². The molecule has 0 amide bonds. The lowest BCUT2D eigenvalue weighted by Gasteiger charge is -2.50. The van der Waals surface area contributed by atoms with E-state index in [1.807, 2.05) is 0 Å². The van der Waals surface area contributed by atoms with Crippen LogP contribution >= 0.6 is 0 Å². The number of nitrogens with zero attached hydrogens (tertiary/aromatic N) is 1. The van der Waals surface area contributed by atoms with Gasteiger partial charge in [0.05, 0.1) is 6.54 Å². The monoisotopic (exact) mass is 262 g/mol. The zero-order valence-electron chi connectivity index (χ0n) is 10.5. The van der Waals surface area contributed by atoms with Gasteiger partial charge in [-0.25, -0.2) is 0 Å². The predicted octanol–water partition coefficient (Wildman–Crippen LogP) is 2.26. The SMILES string of the molecule is FC(F)(F)CNCC1CCC2C3CCN(CC3)C12. The van der Waals surface area contributed by atoms with E-state index in [9.17, 15) is 13.2 Å². The summed E-state index contributed by atoms with van der Waals surface area (Å²) >= 11 is 0. The van der Waals surface area contributed by atoms with E-state index in [0.29, 0.717) is 18.5 Å². The molecule has 3 unspecified atom stereocenters. The topological polar surface area (TPSA) is 15.3 Å². The summed E-state index contributed by atoms with van der Waals surface area (Å²) in [7, 11) is 0. The second kappa shape index (κ2) is 4.67. The Morgan fingerprint density at radius 3 is 2.44 bits per heavy atom. The molecule has 3 heterocycles. The van der Waals surface area contributed by atoms with E-state index in [-0.39, 0.29) is 0 Å². The number of alkyl halides is 3. The molecule has 3 saturated heterocycles. The first-order valence-corrected chi connectivity index (χ1v) is 7.06. The van der Waals surface area contributed by atoms with Crippen molar-refractivity contribution in [1.29, 1.82) is 0 Å². The maximum atomic E-state index is 12.1. The molecule has 4 rings (SSSR count). The van der Waals surface area contributed by atoms with Gasteiger partial charge < -0.3 is 5.32 Å².